The second kappa shape index (κ2) is 69.7. The zero-order chi connectivity index (χ0) is 72.3. The summed E-state index contributed by atoms with van der Waals surface area (Å²) in [6.45, 7) is 19.7. The number of rotatable bonds is 72. The third-order valence-electron chi connectivity index (χ3n) is 16.6. The predicted molar refractivity (Wildman–Crippen MR) is 405 cm³/mol. The van der Waals surface area contributed by atoms with Crippen molar-refractivity contribution in [3.8, 4) is 0 Å². The van der Waals surface area contributed by atoms with Crippen molar-refractivity contribution in [1.82, 2.24) is 14.7 Å². The largest absolute Gasteiger partial charge is 0.462 e. The fourth-order valence-electron chi connectivity index (χ4n) is 10.2. The summed E-state index contributed by atoms with van der Waals surface area (Å²) in [5, 5.41) is 0. The molecule has 0 aromatic carbocycles. The molecule has 0 spiro atoms. The lowest BCUT2D eigenvalue weighted by Crippen LogP contribution is -2.34. The Labute approximate surface area is 612 Å². The number of hydrogen-bond acceptors (Lipinski definition) is 23. The Hall–Kier alpha value is -2.96. The minimum atomic E-state index is -0.445. The smallest absolute Gasteiger partial charge is 0.309 e. The first-order valence-corrected chi connectivity index (χ1v) is 42.8. The van der Waals surface area contributed by atoms with Gasteiger partial charge in [-0.2, -0.15) is 47.0 Å². The molecule has 0 aliphatic heterocycles. The lowest BCUT2D eigenvalue weighted by molar-refractivity contribution is -0.154. The van der Waals surface area contributed by atoms with Gasteiger partial charge in [-0.1, -0.05) is 184 Å². The lowest BCUT2D eigenvalue weighted by Gasteiger charge is -2.25. The summed E-state index contributed by atoms with van der Waals surface area (Å²) in [5.74, 6) is 2.73. The minimum Gasteiger partial charge on any atom is -0.462 e. The number of thioether (sulfide) groups is 4. The van der Waals surface area contributed by atoms with E-state index in [0.29, 0.717) is 88.2 Å². The molecule has 0 bridgehead atoms. The van der Waals surface area contributed by atoms with E-state index in [1.807, 2.05) is 44.5 Å². The summed E-state index contributed by atoms with van der Waals surface area (Å²) in [7, 11) is 2.01. The third-order valence-corrected chi connectivity index (χ3v) is 21.8. The van der Waals surface area contributed by atoms with Crippen molar-refractivity contribution < 1.29 is 76.3 Å². The Morgan fingerprint density at radius 1 is 0.265 bits per heavy atom. The molecule has 4 unspecified atom stereocenters. The second-order valence-electron chi connectivity index (χ2n) is 26.2. The van der Waals surface area contributed by atoms with Gasteiger partial charge in [-0.25, -0.2) is 0 Å². The fourth-order valence-corrected chi connectivity index (χ4v) is 14.5. The summed E-state index contributed by atoms with van der Waals surface area (Å²) >= 11 is 7.05. The number of unbranched alkanes of at least 4 members (excludes halogenated alkanes) is 20. The van der Waals surface area contributed by atoms with Gasteiger partial charge in [0.1, 0.15) is 52.9 Å². The van der Waals surface area contributed by atoms with E-state index < -0.39 is 23.9 Å². The zero-order valence-corrected chi connectivity index (χ0v) is 66.3. The molecule has 0 aliphatic rings. The number of hydrogen-bond donors (Lipinski definition) is 0. The normalized spacial score (nSPS) is 12.7. The summed E-state index contributed by atoms with van der Waals surface area (Å²) in [6, 6.07) is 0. The first-order valence-electron chi connectivity index (χ1n) is 38.2. The average molecular weight is 1470 g/mol. The van der Waals surface area contributed by atoms with Crippen LogP contribution in [0.1, 0.15) is 248 Å². The summed E-state index contributed by atoms with van der Waals surface area (Å²) < 4.78 is 43.6. The quantitative estimate of drug-likeness (QED) is 0.0314. The highest BCUT2D eigenvalue weighted by molar-refractivity contribution is 7.99. The lowest BCUT2D eigenvalue weighted by atomic mass is 10.1. The van der Waals surface area contributed by atoms with Crippen LogP contribution in [0.4, 0.5) is 0 Å². The van der Waals surface area contributed by atoms with Crippen molar-refractivity contribution in [1.29, 1.82) is 0 Å². The highest BCUT2D eigenvalue weighted by Gasteiger charge is 2.21. The monoisotopic (exact) mass is 1470 g/mol. The Morgan fingerprint density at radius 3 is 0.694 bits per heavy atom. The van der Waals surface area contributed by atoms with Crippen LogP contribution >= 0.6 is 47.0 Å². The molecule has 4 atom stereocenters. The van der Waals surface area contributed by atoms with E-state index in [2.05, 4.69) is 32.6 Å². The second-order valence-corrected chi connectivity index (χ2v) is 30.8. The van der Waals surface area contributed by atoms with Gasteiger partial charge in [-0.15, -0.1) is 0 Å². The van der Waals surface area contributed by atoms with Crippen LogP contribution in [-0.4, -0.2) is 221 Å². The number of esters is 8. The molecule has 0 heterocycles. The summed E-state index contributed by atoms with van der Waals surface area (Å²) in [4.78, 5) is 109. The van der Waals surface area contributed by atoms with E-state index in [1.54, 1.807) is 47.0 Å². The molecule has 0 fully saturated rings. The van der Waals surface area contributed by atoms with E-state index >= 15 is 0 Å². The van der Waals surface area contributed by atoms with Crippen molar-refractivity contribution in [2.75, 3.05) is 158 Å². The third kappa shape index (κ3) is 61.7. The van der Waals surface area contributed by atoms with Gasteiger partial charge in [-0.3, -0.25) is 38.4 Å². The first kappa shape index (κ1) is 95.0. The van der Waals surface area contributed by atoms with E-state index in [9.17, 15) is 38.4 Å². The molecule has 19 nitrogen and oxygen atoms in total. The highest BCUT2D eigenvalue weighted by Crippen LogP contribution is 2.19. The molecule has 574 valence electrons. The van der Waals surface area contributed by atoms with E-state index in [4.69, 9.17) is 37.9 Å². The Balaban J connectivity index is 5.51. The van der Waals surface area contributed by atoms with Crippen LogP contribution in [0, 0.1) is 23.7 Å². The zero-order valence-electron chi connectivity index (χ0n) is 63.0. The van der Waals surface area contributed by atoms with Gasteiger partial charge >= 0.3 is 47.8 Å². The summed E-state index contributed by atoms with van der Waals surface area (Å²) in [5.41, 5.74) is 0. The minimum absolute atomic E-state index is 0.0287. The molecule has 0 aliphatic carbocycles. The van der Waals surface area contributed by atoms with Crippen LogP contribution in [-0.2, 0) is 76.3 Å². The fraction of sp³-hybridized carbons (Fsp3) is 0.893. The number of nitrogens with zero attached hydrogens (tertiary/aromatic N) is 3. The molecule has 0 saturated carbocycles. The maximum Gasteiger partial charge on any atom is 0.309 e. The topological polar surface area (TPSA) is 220 Å². The van der Waals surface area contributed by atoms with Crippen LogP contribution in [0.2, 0.25) is 0 Å². The molecule has 0 amide bonds. The molecule has 0 saturated heterocycles. The van der Waals surface area contributed by atoms with Crippen molar-refractivity contribution in [3.05, 3.63) is 0 Å². The molecular formula is C75H139N3O16S4. The average Bonchev–Trinajstić information content (AvgIpc) is 1.52. The van der Waals surface area contributed by atoms with E-state index in [-0.39, 0.29) is 126 Å². The van der Waals surface area contributed by atoms with Gasteiger partial charge in [0.15, 0.2) is 0 Å². The van der Waals surface area contributed by atoms with Crippen LogP contribution in [0.3, 0.4) is 0 Å². The van der Waals surface area contributed by atoms with Crippen LogP contribution in [0.15, 0.2) is 0 Å². The Kier molecular flexibility index (Phi) is 67.6. The number of ether oxygens (including phenoxy) is 8. The van der Waals surface area contributed by atoms with Gasteiger partial charge < -0.3 is 52.6 Å². The van der Waals surface area contributed by atoms with Crippen molar-refractivity contribution in [2.45, 2.75) is 248 Å². The molecule has 23 heteroatoms. The van der Waals surface area contributed by atoms with Crippen molar-refractivity contribution >= 4 is 94.8 Å². The molecule has 0 aromatic rings. The molecule has 0 radical (unpaired) electrons. The van der Waals surface area contributed by atoms with Crippen LogP contribution < -0.4 is 0 Å². The molecule has 0 rings (SSSR count). The van der Waals surface area contributed by atoms with Gasteiger partial charge in [-0.05, 0) is 94.8 Å². The van der Waals surface area contributed by atoms with Crippen LogP contribution in [0.25, 0.3) is 0 Å². The van der Waals surface area contributed by atoms with Crippen molar-refractivity contribution in [3.63, 3.8) is 0 Å². The van der Waals surface area contributed by atoms with Gasteiger partial charge in [0.2, 0.25) is 0 Å². The van der Waals surface area contributed by atoms with Gasteiger partial charge in [0.25, 0.3) is 0 Å². The molecular weight excluding hydrogens is 1330 g/mol. The molecule has 0 aromatic heterocycles. The predicted octanol–water partition coefficient (Wildman–Crippen LogP) is 15.1. The maximum absolute atomic E-state index is 13.0. The van der Waals surface area contributed by atoms with Crippen molar-refractivity contribution in [2.24, 2.45) is 23.7 Å². The van der Waals surface area contributed by atoms with Crippen LogP contribution in [0.5, 0.6) is 0 Å². The molecule has 0 N–H and O–H groups in total. The number of carbonyl (C=O) groups is 8. The number of carbonyl (C=O) groups excluding carboxylic acids is 8. The Bertz CT molecular complexity index is 1730. The van der Waals surface area contributed by atoms with E-state index in [1.165, 1.54) is 128 Å². The highest BCUT2D eigenvalue weighted by atomic mass is 32.2. The SMILES string of the molecule is CCCCCCCCSCC(C)C(=O)OCCOC(=O)CCN(CCCN(C)CCCN(CCC(=O)OCCOC(=O)C(C)CSCCCCCCCC)CCC(=O)OCCOC(=O)C(C)CSCCCCCCCC)CCC(=O)OCCOC(=O)C(C)CSCCCCCCCC. The Morgan fingerprint density at radius 2 is 0.469 bits per heavy atom. The van der Waals surface area contributed by atoms with Gasteiger partial charge in [0, 0.05) is 49.2 Å². The summed E-state index contributed by atoms with van der Waals surface area (Å²) in [6.07, 6.45) is 31.1. The molecule has 98 heavy (non-hydrogen) atoms. The first-order chi connectivity index (χ1) is 47.5. The van der Waals surface area contributed by atoms with E-state index in [0.717, 1.165) is 48.7 Å². The standard InChI is InChI=1S/C75H139N3O16S4/c1-10-14-18-22-26-30-56-95-60-64(5)72(83)91-52-48-87-68(79)36-44-77(45-37-69(80)88-49-53-92-73(84)65(6)61-96-57-31-27-23-19-15-11-2)42-34-40-76(9)41-35-43-78(46-38-70(81)89-50-54-93-74(85)66(7)62-97-58-32-28-24-20-16-12-3)47-39-71(82)90-51-55-94-75(86)67(8)63-98-59-33-29-25-21-17-13-4/h64-67H,10-63H2,1-9H3. The maximum atomic E-state index is 13.0. The van der Waals surface area contributed by atoms with Gasteiger partial charge in [0.05, 0.1) is 49.4 Å².